The minimum absolute atomic E-state index is 0.0448. The van der Waals surface area contributed by atoms with Gasteiger partial charge in [0.1, 0.15) is 5.82 Å². The Labute approximate surface area is 190 Å². The first-order chi connectivity index (χ1) is 15.6. The number of carboxylic acid groups (broad SMARTS) is 1. The first-order valence-corrected chi connectivity index (χ1v) is 10.7. The number of aromatic amines is 1. The smallest absolute Gasteiger partial charge is 0.475 e. The summed E-state index contributed by atoms with van der Waals surface area (Å²) in [7, 11) is 0. The zero-order chi connectivity index (χ0) is 24.0. The average Bonchev–Trinajstić information content (AvgIpc) is 3.53. The monoisotopic (exact) mass is 484 g/mol. The number of amides is 1. The molecule has 3 heterocycles. The summed E-state index contributed by atoms with van der Waals surface area (Å²) < 4.78 is 44.8. The van der Waals surface area contributed by atoms with Crippen LogP contribution in [0.4, 0.5) is 17.6 Å². The van der Waals surface area contributed by atoms with E-state index in [9.17, 15) is 22.4 Å². The minimum atomic E-state index is -5.08. The van der Waals surface area contributed by atoms with Crippen molar-refractivity contribution in [2.75, 3.05) is 13.1 Å². The number of rotatable bonds is 5. The van der Waals surface area contributed by atoms with Crippen molar-refractivity contribution in [1.29, 1.82) is 0 Å². The third kappa shape index (κ3) is 6.62. The fourth-order valence-corrected chi connectivity index (χ4v) is 3.89. The van der Waals surface area contributed by atoms with Crippen molar-refractivity contribution in [1.82, 2.24) is 20.4 Å². The molecule has 0 bridgehead atoms. The zero-order valence-corrected chi connectivity index (χ0v) is 17.9. The lowest BCUT2D eigenvalue weighted by Crippen LogP contribution is -2.34. The number of thiophene rings is 1. The van der Waals surface area contributed by atoms with Gasteiger partial charge in [0.15, 0.2) is 0 Å². The molecule has 0 spiro atoms. The number of halogens is 4. The molecule has 0 aliphatic carbocycles. The Kier molecular flexibility index (Phi) is 7.82. The molecule has 12 heteroatoms. The quantitative estimate of drug-likeness (QED) is 0.477. The van der Waals surface area contributed by atoms with Crippen LogP contribution in [0.15, 0.2) is 47.3 Å². The Balaban J connectivity index is 0.000000383. The molecule has 7 nitrogen and oxygen atoms in total. The van der Waals surface area contributed by atoms with Crippen LogP contribution in [0.5, 0.6) is 0 Å². The molecule has 176 valence electrons. The second kappa shape index (κ2) is 10.6. The summed E-state index contributed by atoms with van der Waals surface area (Å²) in [6, 6.07) is 8.03. The van der Waals surface area contributed by atoms with Crippen molar-refractivity contribution >= 4 is 23.2 Å². The van der Waals surface area contributed by atoms with Crippen LogP contribution in [-0.2, 0) is 11.3 Å². The predicted octanol–water partition coefficient (Wildman–Crippen LogP) is 3.91. The van der Waals surface area contributed by atoms with Crippen molar-refractivity contribution in [2.24, 2.45) is 0 Å². The van der Waals surface area contributed by atoms with Gasteiger partial charge in [-0.1, -0.05) is 0 Å². The molecule has 3 N–H and O–H groups in total. The molecule has 4 rings (SSSR count). The van der Waals surface area contributed by atoms with Gasteiger partial charge in [-0.25, -0.2) is 9.18 Å². The lowest BCUT2D eigenvalue weighted by Gasteiger charge is -2.17. The fraction of sp³-hybridized carbons (Fsp3) is 0.286. The van der Waals surface area contributed by atoms with Gasteiger partial charge in [-0.2, -0.15) is 29.6 Å². The number of nitrogens with zero attached hydrogens (tertiary/aromatic N) is 2. The number of aliphatic carboxylic acids is 1. The van der Waals surface area contributed by atoms with Crippen molar-refractivity contribution in [3.8, 4) is 11.3 Å². The summed E-state index contributed by atoms with van der Waals surface area (Å²) in [6.45, 7) is 2.06. The molecule has 33 heavy (non-hydrogen) atoms. The molecule has 1 atom stereocenters. The molecule has 2 aromatic heterocycles. The van der Waals surface area contributed by atoms with E-state index in [0.29, 0.717) is 25.2 Å². The van der Waals surface area contributed by atoms with Crippen LogP contribution in [0, 0.1) is 5.82 Å². The van der Waals surface area contributed by atoms with Gasteiger partial charge >= 0.3 is 12.1 Å². The highest BCUT2D eigenvalue weighted by atomic mass is 32.1. The molecule has 3 aromatic rings. The van der Waals surface area contributed by atoms with E-state index in [0.717, 1.165) is 23.2 Å². The molecule has 0 saturated carbocycles. The van der Waals surface area contributed by atoms with Gasteiger partial charge in [-0.3, -0.25) is 9.89 Å². The highest BCUT2D eigenvalue weighted by Gasteiger charge is 2.38. The highest BCUT2D eigenvalue weighted by molar-refractivity contribution is 7.08. The summed E-state index contributed by atoms with van der Waals surface area (Å²) in [5, 5.41) is 22.0. The predicted molar refractivity (Wildman–Crippen MR) is 113 cm³/mol. The van der Waals surface area contributed by atoms with Crippen LogP contribution < -0.4 is 5.32 Å². The van der Waals surface area contributed by atoms with Crippen LogP contribution in [0.1, 0.15) is 22.3 Å². The van der Waals surface area contributed by atoms with E-state index in [1.165, 1.54) is 24.3 Å². The number of nitrogens with one attached hydrogen (secondary N) is 2. The number of likely N-dealkylation sites (tertiary alicyclic amines) is 1. The fourth-order valence-electron chi connectivity index (χ4n) is 3.24. The lowest BCUT2D eigenvalue weighted by atomic mass is 10.1. The van der Waals surface area contributed by atoms with Gasteiger partial charge in [0, 0.05) is 47.7 Å². The SMILES string of the molecule is O=C(O)C(F)(F)F.O=C(c1ccc(F)cc1)N1CC[C@@H](NCc2cn[nH]c2-c2ccsc2)C1. The summed E-state index contributed by atoms with van der Waals surface area (Å²) in [6.07, 6.45) is -2.34. The Morgan fingerprint density at radius 1 is 1.24 bits per heavy atom. The number of hydrogen-bond acceptors (Lipinski definition) is 5. The van der Waals surface area contributed by atoms with E-state index in [1.54, 1.807) is 11.3 Å². The van der Waals surface area contributed by atoms with Gasteiger partial charge in [0.05, 0.1) is 11.9 Å². The van der Waals surface area contributed by atoms with E-state index in [2.05, 4.69) is 27.0 Å². The number of carboxylic acids is 1. The Hall–Kier alpha value is -3.25. The average molecular weight is 484 g/mol. The number of benzene rings is 1. The normalized spacial score (nSPS) is 15.8. The van der Waals surface area contributed by atoms with Crippen molar-refractivity contribution in [3.05, 3.63) is 64.2 Å². The van der Waals surface area contributed by atoms with Crippen LogP contribution in [0.3, 0.4) is 0 Å². The Morgan fingerprint density at radius 2 is 1.94 bits per heavy atom. The van der Waals surface area contributed by atoms with Gasteiger partial charge in [-0.05, 0) is 42.1 Å². The number of hydrogen-bond donors (Lipinski definition) is 3. The topological polar surface area (TPSA) is 98.3 Å². The molecule has 1 aliphatic rings. The van der Waals surface area contributed by atoms with Gasteiger partial charge in [0.25, 0.3) is 5.91 Å². The second-order valence-electron chi connectivity index (χ2n) is 7.21. The van der Waals surface area contributed by atoms with Crippen LogP contribution >= 0.6 is 11.3 Å². The summed E-state index contributed by atoms with van der Waals surface area (Å²) in [5.41, 5.74) is 3.83. The number of aromatic nitrogens is 2. The Bertz CT molecular complexity index is 1070. The molecule has 1 fully saturated rings. The van der Waals surface area contributed by atoms with E-state index in [4.69, 9.17) is 9.90 Å². The Morgan fingerprint density at radius 3 is 2.55 bits per heavy atom. The first kappa shape index (κ1) is 24.4. The molecule has 1 saturated heterocycles. The third-order valence-electron chi connectivity index (χ3n) is 4.92. The van der Waals surface area contributed by atoms with Crippen LogP contribution in [0.2, 0.25) is 0 Å². The lowest BCUT2D eigenvalue weighted by molar-refractivity contribution is -0.192. The molecule has 1 aliphatic heterocycles. The highest BCUT2D eigenvalue weighted by Crippen LogP contribution is 2.24. The first-order valence-electron chi connectivity index (χ1n) is 9.78. The van der Waals surface area contributed by atoms with E-state index in [-0.39, 0.29) is 17.8 Å². The minimum Gasteiger partial charge on any atom is -0.475 e. The maximum atomic E-state index is 13.0. The largest absolute Gasteiger partial charge is 0.490 e. The summed E-state index contributed by atoms with van der Waals surface area (Å²) >= 11 is 1.66. The molecule has 0 radical (unpaired) electrons. The van der Waals surface area contributed by atoms with E-state index >= 15 is 0 Å². The van der Waals surface area contributed by atoms with Crippen molar-refractivity contribution < 1.29 is 32.3 Å². The summed E-state index contributed by atoms with van der Waals surface area (Å²) in [4.78, 5) is 23.2. The number of alkyl halides is 3. The van der Waals surface area contributed by atoms with E-state index < -0.39 is 12.1 Å². The van der Waals surface area contributed by atoms with Crippen molar-refractivity contribution in [2.45, 2.75) is 25.2 Å². The maximum Gasteiger partial charge on any atom is 0.490 e. The number of carbonyl (C=O) groups is 2. The molecule has 1 amide bonds. The molecular weight excluding hydrogens is 464 g/mol. The van der Waals surface area contributed by atoms with Gasteiger partial charge in [-0.15, -0.1) is 0 Å². The molecule has 1 aromatic carbocycles. The van der Waals surface area contributed by atoms with Gasteiger partial charge < -0.3 is 15.3 Å². The number of H-pyrrole nitrogens is 1. The zero-order valence-electron chi connectivity index (χ0n) is 17.1. The van der Waals surface area contributed by atoms with Crippen LogP contribution in [0.25, 0.3) is 11.3 Å². The third-order valence-corrected chi connectivity index (χ3v) is 5.60. The molecular formula is C21H20F4N4O3S. The standard InChI is InChI=1S/C19H19FN4OS.C2HF3O2/c20-16-3-1-13(2-4-16)19(25)24-7-5-17(11-24)21-9-15-10-22-23-18(15)14-6-8-26-12-14;3-2(4,5)1(6)7/h1-4,6,8,10,12,17,21H,5,7,9,11H2,(H,22,23);(H,6,7)/t17-;/m1./s1. The van der Waals surface area contributed by atoms with Crippen LogP contribution in [-0.4, -0.2) is 57.4 Å². The van der Waals surface area contributed by atoms with E-state index in [1.807, 2.05) is 16.5 Å². The van der Waals surface area contributed by atoms with Gasteiger partial charge in [0.2, 0.25) is 0 Å². The number of carbonyl (C=O) groups excluding carboxylic acids is 1. The maximum absolute atomic E-state index is 13.0. The summed E-state index contributed by atoms with van der Waals surface area (Å²) in [5.74, 6) is -3.13. The van der Waals surface area contributed by atoms with Crippen molar-refractivity contribution in [3.63, 3.8) is 0 Å². The second-order valence-corrected chi connectivity index (χ2v) is 7.99. The molecule has 0 unspecified atom stereocenters.